The molecule has 2 N–H and O–H groups in total. The molecule has 2 aromatic carbocycles. The summed E-state index contributed by atoms with van der Waals surface area (Å²) in [5, 5.41) is 25.3. The van der Waals surface area contributed by atoms with Gasteiger partial charge in [-0.1, -0.05) is 49.4 Å². The number of benzene rings is 2. The molecule has 8 heteroatoms. The highest BCUT2D eigenvalue weighted by Crippen LogP contribution is 2.41. The second kappa shape index (κ2) is 9.13. The Morgan fingerprint density at radius 2 is 1.89 bits per heavy atom. The van der Waals surface area contributed by atoms with E-state index < -0.39 is 0 Å². The summed E-state index contributed by atoms with van der Waals surface area (Å²) in [7, 11) is 0. The first-order chi connectivity index (χ1) is 18.6. The summed E-state index contributed by atoms with van der Waals surface area (Å²) >= 11 is 0. The number of hydrogen-bond acceptors (Lipinski definition) is 6. The zero-order chi connectivity index (χ0) is 25.8. The van der Waals surface area contributed by atoms with Gasteiger partial charge in [0.1, 0.15) is 11.3 Å². The maximum atomic E-state index is 10.6. The van der Waals surface area contributed by atoms with Gasteiger partial charge >= 0.3 is 0 Å². The number of aryl methyl sites for hydroxylation is 3. The van der Waals surface area contributed by atoms with E-state index in [4.69, 9.17) is 9.97 Å². The van der Waals surface area contributed by atoms with E-state index in [1.54, 1.807) is 0 Å². The number of fused-ring (bicyclic) bond motifs is 2. The van der Waals surface area contributed by atoms with Crippen molar-refractivity contribution in [2.75, 3.05) is 0 Å². The van der Waals surface area contributed by atoms with Crippen molar-refractivity contribution in [1.29, 1.82) is 0 Å². The quantitative estimate of drug-likeness (QED) is 0.323. The van der Waals surface area contributed by atoms with Gasteiger partial charge in [-0.25, -0.2) is 9.97 Å². The number of aliphatic hydroxyl groups is 1. The van der Waals surface area contributed by atoms with E-state index in [2.05, 4.69) is 69.4 Å². The van der Waals surface area contributed by atoms with Crippen LogP contribution in [0.3, 0.4) is 0 Å². The molecule has 2 aliphatic rings. The third-order valence-corrected chi connectivity index (χ3v) is 8.19. The Balaban J connectivity index is 1.29. The highest BCUT2D eigenvalue weighted by Gasteiger charge is 2.31. The second-order valence-electron chi connectivity index (χ2n) is 10.7. The molecule has 0 aliphatic heterocycles. The second-order valence-corrected chi connectivity index (χ2v) is 10.7. The van der Waals surface area contributed by atoms with Crippen molar-refractivity contribution in [1.82, 2.24) is 35.2 Å². The number of pyridine rings is 1. The minimum atomic E-state index is -0.303. The number of imidazole rings is 1. The molecule has 2 aliphatic carbocycles. The molecule has 0 radical (unpaired) electrons. The predicted molar refractivity (Wildman–Crippen MR) is 146 cm³/mol. The van der Waals surface area contributed by atoms with Gasteiger partial charge in [0.05, 0.1) is 12.1 Å². The Morgan fingerprint density at radius 3 is 2.66 bits per heavy atom. The lowest BCUT2D eigenvalue weighted by Crippen LogP contribution is -2.15. The largest absolute Gasteiger partial charge is 0.392 e. The Morgan fingerprint density at radius 1 is 1.05 bits per heavy atom. The van der Waals surface area contributed by atoms with E-state index in [1.165, 1.54) is 11.1 Å². The van der Waals surface area contributed by atoms with E-state index in [1.807, 2.05) is 18.2 Å². The van der Waals surface area contributed by atoms with Crippen molar-refractivity contribution in [3.63, 3.8) is 0 Å². The maximum absolute atomic E-state index is 10.6. The summed E-state index contributed by atoms with van der Waals surface area (Å²) in [5.74, 6) is 2.10. The topological polar surface area (TPSA) is 105 Å². The number of nitrogens with zero attached hydrogens (tertiary/aromatic N) is 6. The molecule has 0 amide bonds. The molecule has 8 nitrogen and oxygen atoms in total. The van der Waals surface area contributed by atoms with E-state index in [-0.39, 0.29) is 12.1 Å². The standard InChI is InChI=1S/C30H31N7O/c1-3-27-32-28-17(2)14-21(16-26(38)18-8-9-18)31-30(28)37(27)25-13-11-20-15-19(10-12-23(20)25)22-6-4-5-7-24(22)29-33-35-36-34-29/h4-7,10,12,14-15,18,25-26,38H,3,8-9,11,13,16H2,1-2H3,(H,33,34,35,36)/t25-,26?/m0/s1. The van der Waals surface area contributed by atoms with Gasteiger partial charge in [0, 0.05) is 24.1 Å². The summed E-state index contributed by atoms with van der Waals surface area (Å²) in [6.45, 7) is 4.28. The Hall–Kier alpha value is -3.91. The van der Waals surface area contributed by atoms with Crippen molar-refractivity contribution in [2.24, 2.45) is 5.92 Å². The van der Waals surface area contributed by atoms with Gasteiger partial charge in [0.25, 0.3) is 0 Å². The van der Waals surface area contributed by atoms with Crippen LogP contribution >= 0.6 is 0 Å². The number of rotatable bonds is 7. The number of H-pyrrole nitrogens is 1. The van der Waals surface area contributed by atoms with Gasteiger partial charge in [0.2, 0.25) is 5.82 Å². The van der Waals surface area contributed by atoms with Gasteiger partial charge in [-0.05, 0) is 77.6 Å². The fourth-order valence-corrected chi connectivity index (χ4v) is 6.11. The van der Waals surface area contributed by atoms with Crippen LogP contribution in [0.1, 0.15) is 60.4 Å². The van der Waals surface area contributed by atoms with Crippen LogP contribution < -0.4 is 0 Å². The number of aromatic nitrogens is 7. The van der Waals surface area contributed by atoms with Crippen molar-refractivity contribution in [3.05, 3.63) is 76.7 Å². The van der Waals surface area contributed by atoms with Crippen LogP contribution in [-0.2, 0) is 19.3 Å². The molecule has 3 aromatic heterocycles. The molecule has 5 aromatic rings. The monoisotopic (exact) mass is 505 g/mol. The average Bonchev–Trinajstić information content (AvgIpc) is 3.32. The molecule has 38 heavy (non-hydrogen) atoms. The molecule has 7 rings (SSSR count). The van der Waals surface area contributed by atoms with Gasteiger partial charge in [-0.3, -0.25) is 0 Å². The minimum Gasteiger partial charge on any atom is -0.392 e. The number of hydrogen-bond donors (Lipinski definition) is 2. The first-order valence-electron chi connectivity index (χ1n) is 13.6. The first-order valence-corrected chi connectivity index (χ1v) is 13.6. The van der Waals surface area contributed by atoms with E-state index in [0.717, 1.165) is 77.0 Å². The number of tetrazole rings is 1. The molecule has 1 unspecified atom stereocenters. The average molecular weight is 506 g/mol. The smallest absolute Gasteiger partial charge is 0.205 e. The molecule has 0 saturated heterocycles. The van der Waals surface area contributed by atoms with Crippen LogP contribution in [-0.4, -0.2) is 46.4 Å². The van der Waals surface area contributed by atoms with Crippen LogP contribution in [0.25, 0.3) is 33.7 Å². The van der Waals surface area contributed by atoms with E-state index >= 15 is 0 Å². The predicted octanol–water partition coefficient (Wildman–Crippen LogP) is 5.00. The van der Waals surface area contributed by atoms with Crippen LogP contribution in [0, 0.1) is 12.8 Å². The lowest BCUT2D eigenvalue weighted by molar-refractivity contribution is 0.150. The number of aliphatic hydroxyl groups excluding tert-OH is 1. The summed E-state index contributed by atoms with van der Waals surface area (Å²) in [4.78, 5) is 10.1. The molecule has 0 spiro atoms. The lowest BCUT2D eigenvalue weighted by atomic mass is 9.96. The van der Waals surface area contributed by atoms with Crippen LogP contribution in [0.15, 0.2) is 48.5 Å². The fraction of sp³-hybridized carbons (Fsp3) is 0.367. The highest BCUT2D eigenvalue weighted by molar-refractivity contribution is 5.81. The van der Waals surface area contributed by atoms with E-state index in [0.29, 0.717) is 18.2 Å². The maximum Gasteiger partial charge on any atom is 0.205 e. The summed E-state index contributed by atoms with van der Waals surface area (Å²) in [5.41, 5.74) is 9.93. The Bertz CT molecular complexity index is 1630. The summed E-state index contributed by atoms with van der Waals surface area (Å²) in [6, 6.07) is 17.3. The van der Waals surface area contributed by atoms with Crippen molar-refractivity contribution in [2.45, 2.75) is 64.5 Å². The van der Waals surface area contributed by atoms with Gasteiger partial charge in [-0.2, -0.15) is 5.21 Å². The molecular weight excluding hydrogens is 474 g/mol. The van der Waals surface area contributed by atoms with Crippen LogP contribution in [0.5, 0.6) is 0 Å². The molecule has 192 valence electrons. The van der Waals surface area contributed by atoms with Gasteiger partial charge in [0.15, 0.2) is 5.65 Å². The van der Waals surface area contributed by atoms with Crippen molar-refractivity contribution < 1.29 is 5.11 Å². The molecule has 0 bridgehead atoms. The third-order valence-electron chi connectivity index (χ3n) is 8.19. The zero-order valence-corrected chi connectivity index (χ0v) is 21.7. The Kier molecular flexibility index (Phi) is 5.58. The first kappa shape index (κ1) is 23.2. The highest BCUT2D eigenvalue weighted by atomic mass is 16.3. The molecule has 1 saturated carbocycles. The fourth-order valence-electron chi connectivity index (χ4n) is 6.11. The molecule has 2 atom stereocenters. The summed E-state index contributed by atoms with van der Waals surface area (Å²) < 4.78 is 2.37. The molecule has 3 heterocycles. The third kappa shape index (κ3) is 3.91. The Labute approximate surface area is 221 Å². The van der Waals surface area contributed by atoms with Crippen LogP contribution in [0.2, 0.25) is 0 Å². The molecular formula is C30H31N7O. The van der Waals surface area contributed by atoms with Crippen molar-refractivity contribution >= 4 is 11.2 Å². The number of nitrogens with one attached hydrogen (secondary N) is 1. The van der Waals surface area contributed by atoms with Gasteiger partial charge in [-0.15, -0.1) is 10.2 Å². The summed E-state index contributed by atoms with van der Waals surface area (Å²) in [6.07, 6.45) is 5.42. The van der Waals surface area contributed by atoms with Crippen molar-refractivity contribution in [3.8, 4) is 22.5 Å². The van der Waals surface area contributed by atoms with E-state index in [9.17, 15) is 5.11 Å². The zero-order valence-electron chi connectivity index (χ0n) is 21.7. The van der Waals surface area contributed by atoms with Gasteiger partial charge < -0.3 is 9.67 Å². The SMILES string of the molecule is CCc1nc2c(C)cc(CC(O)C3CC3)nc2n1[C@H]1CCc2cc(-c3ccccc3-c3nn[nH]n3)ccc21. The van der Waals surface area contributed by atoms with Crippen LogP contribution in [0.4, 0.5) is 0 Å². The minimum absolute atomic E-state index is 0.196. The molecule has 1 fully saturated rings. The lowest BCUT2D eigenvalue weighted by Gasteiger charge is -2.18. The number of aromatic amines is 1. The normalized spacial score (nSPS) is 17.7.